The maximum atomic E-state index is 9.28. The van der Waals surface area contributed by atoms with Gasteiger partial charge in [0, 0.05) is 43.5 Å². The minimum atomic E-state index is 0.208. The number of nitrogens with zero attached hydrogens (tertiary/aromatic N) is 2. The van der Waals surface area contributed by atoms with Gasteiger partial charge in [-0.2, -0.15) is 0 Å². The number of aromatic amines is 1. The van der Waals surface area contributed by atoms with Gasteiger partial charge in [0.1, 0.15) is 18.7 Å². The number of aldehydes is 1. The second-order valence-corrected chi connectivity index (χ2v) is 5.39. The molecule has 6 nitrogen and oxygen atoms in total. The Bertz CT molecular complexity index is 611. The minimum absolute atomic E-state index is 0.208. The van der Waals surface area contributed by atoms with E-state index in [0.717, 1.165) is 5.82 Å². The van der Waals surface area contributed by atoms with Crippen LogP contribution in [-0.4, -0.2) is 55.5 Å². The summed E-state index contributed by atoms with van der Waals surface area (Å²) in [6.07, 6.45) is 5.17. The van der Waals surface area contributed by atoms with E-state index in [2.05, 4.69) is 44.1 Å². The molecule has 1 aliphatic rings. The third kappa shape index (κ3) is 3.84. The van der Waals surface area contributed by atoms with E-state index in [-0.39, 0.29) is 6.61 Å². The van der Waals surface area contributed by atoms with Crippen molar-refractivity contribution in [2.24, 2.45) is 0 Å². The third-order valence-corrected chi connectivity index (χ3v) is 3.90. The van der Waals surface area contributed by atoms with Gasteiger partial charge in [-0.15, -0.1) is 0 Å². The van der Waals surface area contributed by atoms with Crippen LogP contribution in [0.5, 0.6) is 0 Å². The van der Waals surface area contributed by atoms with E-state index in [9.17, 15) is 4.79 Å². The molecule has 1 saturated heterocycles. The molecule has 1 fully saturated rings. The van der Waals surface area contributed by atoms with Crippen molar-refractivity contribution in [3.63, 3.8) is 0 Å². The Morgan fingerprint density at radius 3 is 2.91 bits per heavy atom. The molecule has 2 aromatic heterocycles. The molecule has 3 heterocycles. The first-order valence-corrected chi connectivity index (χ1v) is 7.48. The van der Waals surface area contributed by atoms with Crippen molar-refractivity contribution in [1.82, 2.24) is 14.9 Å². The molecule has 2 aromatic rings. The summed E-state index contributed by atoms with van der Waals surface area (Å²) >= 11 is 0. The summed E-state index contributed by atoms with van der Waals surface area (Å²) in [5.41, 5.74) is 2.48. The van der Waals surface area contributed by atoms with Crippen molar-refractivity contribution in [1.29, 1.82) is 0 Å². The number of anilines is 1. The van der Waals surface area contributed by atoms with Gasteiger partial charge < -0.3 is 19.8 Å². The second kappa shape index (κ2) is 7.91. The van der Waals surface area contributed by atoms with Crippen LogP contribution in [0.3, 0.4) is 0 Å². The number of rotatable bonds is 4. The molecule has 0 radical (unpaired) electrons. The van der Waals surface area contributed by atoms with E-state index in [4.69, 9.17) is 0 Å². The quantitative estimate of drug-likeness (QED) is 0.848. The highest BCUT2D eigenvalue weighted by molar-refractivity contribution is 5.81. The Morgan fingerprint density at radius 1 is 1.55 bits per heavy atom. The van der Waals surface area contributed by atoms with E-state index >= 15 is 0 Å². The minimum Gasteiger partial charge on any atom is -0.377 e. The topological polar surface area (TPSA) is 70.2 Å². The molecule has 0 amide bonds. The normalized spacial score (nSPS) is 18.0. The predicted octanol–water partition coefficient (Wildman–Crippen LogP) is 2.20. The predicted molar refractivity (Wildman–Crippen MR) is 88.2 cm³/mol. The van der Waals surface area contributed by atoms with Gasteiger partial charge in [0.25, 0.3) is 0 Å². The third-order valence-electron chi connectivity index (χ3n) is 3.90. The zero-order valence-corrected chi connectivity index (χ0v) is 13.4. The molecule has 0 aromatic carbocycles. The van der Waals surface area contributed by atoms with Crippen molar-refractivity contribution in [3.8, 4) is 0 Å². The van der Waals surface area contributed by atoms with E-state index in [1.807, 2.05) is 13.2 Å². The largest absolute Gasteiger partial charge is 0.377 e. The van der Waals surface area contributed by atoms with E-state index in [1.54, 1.807) is 0 Å². The number of likely N-dealkylation sites (tertiary alicyclic amines) is 1. The van der Waals surface area contributed by atoms with Gasteiger partial charge in [0.2, 0.25) is 0 Å². The Morgan fingerprint density at radius 2 is 2.36 bits per heavy atom. The number of aromatic nitrogens is 2. The number of methoxy groups -OCH3 is 1. The Labute approximate surface area is 130 Å². The fourth-order valence-electron chi connectivity index (χ4n) is 2.74. The lowest BCUT2D eigenvalue weighted by Crippen LogP contribution is -2.17. The molecule has 0 spiro atoms. The first-order valence-electron chi connectivity index (χ1n) is 7.48. The van der Waals surface area contributed by atoms with Crippen LogP contribution in [0.25, 0.3) is 10.9 Å². The first-order chi connectivity index (χ1) is 10.7. The van der Waals surface area contributed by atoms with Crippen LogP contribution in [-0.2, 0) is 9.53 Å². The number of hydrogen-bond acceptors (Lipinski definition) is 5. The summed E-state index contributed by atoms with van der Waals surface area (Å²) in [5, 5.41) is 4.26. The zero-order chi connectivity index (χ0) is 15.9. The molecule has 0 aliphatic carbocycles. The SMILES string of the molecule is CNc1cc2[nH]c(C3CCCN3C)cc2cn1.COCC=O. The fraction of sp³-hybridized carbons (Fsp3) is 0.500. The van der Waals surface area contributed by atoms with Crippen LogP contribution < -0.4 is 5.32 Å². The number of hydrogen-bond donors (Lipinski definition) is 2. The van der Waals surface area contributed by atoms with E-state index in [0.29, 0.717) is 12.3 Å². The maximum absolute atomic E-state index is 9.28. The van der Waals surface area contributed by atoms with Crippen molar-refractivity contribution < 1.29 is 9.53 Å². The number of fused-ring (bicyclic) bond motifs is 1. The van der Waals surface area contributed by atoms with Gasteiger partial charge in [-0.1, -0.05) is 0 Å². The molecule has 0 saturated carbocycles. The summed E-state index contributed by atoms with van der Waals surface area (Å²) in [4.78, 5) is 19.6. The van der Waals surface area contributed by atoms with Gasteiger partial charge in [-0.3, -0.25) is 4.90 Å². The molecular formula is C16H24N4O2. The van der Waals surface area contributed by atoms with E-state index < -0.39 is 0 Å². The van der Waals surface area contributed by atoms with Gasteiger partial charge >= 0.3 is 0 Å². The Hall–Kier alpha value is -1.92. The maximum Gasteiger partial charge on any atom is 0.145 e. The molecule has 3 rings (SSSR count). The lowest BCUT2D eigenvalue weighted by atomic mass is 10.1. The van der Waals surface area contributed by atoms with Crippen molar-refractivity contribution in [2.45, 2.75) is 18.9 Å². The smallest absolute Gasteiger partial charge is 0.145 e. The monoisotopic (exact) mass is 304 g/mol. The summed E-state index contributed by atoms with van der Waals surface area (Å²) in [5.74, 6) is 0.908. The highest BCUT2D eigenvalue weighted by atomic mass is 16.5. The van der Waals surface area contributed by atoms with Crippen molar-refractivity contribution >= 4 is 23.0 Å². The summed E-state index contributed by atoms with van der Waals surface area (Å²) in [6.45, 7) is 1.40. The average molecular weight is 304 g/mol. The van der Waals surface area contributed by atoms with Crippen LogP contribution in [0.2, 0.25) is 0 Å². The Balaban J connectivity index is 0.000000309. The molecule has 1 aliphatic heterocycles. The highest BCUT2D eigenvalue weighted by Gasteiger charge is 2.23. The number of ether oxygens (including phenoxy) is 1. The number of nitrogens with one attached hydrogen (secondary N) is 2. The molecule has 22 heavy (non-hydrogen) atoms. The molecule has 1 unspecified atom stereocenters. The summed E-state index contributed by atoms with van der Waals surface area (Å²) in [7, 11) is 5.57. The van der Waals surface area contributed by atoms with Gasteiger partial charge in [-0.25, -0.2) is 4.98 Å². The van der Waals surface area contributed by atoms with Gasteiger partial charge in [0.05, 0.1) is 5.52 Å². The molecule has 1 atom stereocenters. The lowest BCUT2D eigenvalue weighted by molar-refractivity contribution is -0.110. The molecule has 2 N–H and O–H groups in total. The number of pyridine rings is 1. The average Bonchev–Trinajstić information content (AvgIpc) is 3.13. The molecule has 120 valence electrons. The number of carbonyl (C=O) groups is 1. The van der Waals surface area contributed by atoms with Gasteiger partial charge in [0.15, 0.2) is 0 Å². The second-order valence-electron chi connectivity index (χ2n) is 5.39. The number of H-pyrrole nitrogens is 1. The molecular weight excluding hydrogens is 280 g/mol. The van der Waals surface area contributed by atoms with Crippen molar-refractivity contribution in [3.05, 3.63) is 24.0 Å². The van der Waals surface area contributed by atoms with Crippen LogP contribution in [0.4, 0.5) is 5.82 Å². The lowest BCUT2D eigenvalue weighted by Gasteiger charge is -2.17. The van der Waals surface area contributed by atoms with Crippen LogP contribution in [0, 0.1) is 0 Å². The molecule has 0 bridgehead atoms. The highest BCUT2D eigenvalue weighted by Crippen LogP contribution is 2.31. The van der Waals surface area contributed by atoms with Gasteiger partial charge in [-0.05, 0) is 32.5 Å². The first kappa shape index (κ1) is 16.5. The summed E-state index contributed by atoms with van der Waals surface area (Å²) < 4.78 is 4.32. The van der Waals surface area contributed by atoms with E-state index in [1.165, 1.54) is 43.1 Å². The molecule has 6 heteroatoms. The summed E-state index contributed by atoms with van der Waals surface area (Å²) in [6, 6.07) is 4.84. The Kier molecular flexibility index (Phi) is 5.91. The zero-order valence-electron chi connectivity index (χ0n) is 13.4. The van der Waals surface area contributed by atoms with Crippen LogP contribution in [0.1, 0.15) is 24.6 Å². The van der Waals surface area contributed by atoms with Crippen molar-refractivity contribution in [2.75, 3.05) is 39.7 Å². The standard InChI is InChI=1S/C13H18N4.C3H6O2/c1-14-13-7-10-9(8-15-13)6-11(16-10)12-4-3-5-17(12)2;1-5-3-2-4/h6-8,12,16H,3-5H2,1-2H3,(H,14,15);2H,3H2,1H3. The number of carbonyl (C=O) groups excluding carboxylic acids is 1. The fourth-order valence-corrected chi connectivity index (χ4v) is 2.74. The van der Waals surface area contributed by atoms with Crippen LogP contribution in [0.15, 0.2) is 18.3 Å². The van der Waals surface area contributed by atoms with Crippen LogP contribution >= 0.6 is 0 Å².